The third-order valence-corrected chi connectivity index (χ3v) is 20.8. The van der Waals surface area contributed by atoms with Crippen LogP contribution in [0.3, 0.4) is 0 Å². The number of methoxy groups -OCH3 is 4. The quantitative estimate of drug-likeness (QED) is 0.0775. The predicted octanol–water partition coefficient (Wildman–Crippen LogP) is 4.23. The molecule has 0 aromatic heterocycles. The second-order valence-corrected chi connectivity index (χ2v) is 25.5. The van der Waals surface area contributed by atoms with Gasteiger partial charge in [0, 0.05) is 83.9 Å². The standard InChI is InChI=1S/C60H96O22/c1-15-28(2)56(65)78-44-26-43-57(9)18-17-36(20-35(57)16-19-59(43,66)60(67)27-38(63)50(29(3)61)58(44,60)10)77-45-21-37(62)52(31(5)73-45)79-47-23-40(69-12)54(32(6)74-47)81-49-25-42(71-14)55(34(8)76-49)82-48-24-41(70-13)53(33(7)75-48)80-46-22-39(68-11)51(64)30(4)72-46/h15-16,30-34,36-55,62-64,66-67H,17-27H2,1-14H3. The molecule has 5 aliphatic heterocycles. The zero-order valence-corrected chi connectivity index (χ0v) is 50.5. The van der Waals surface area contributed by atoms with E-state index in [-0.39, 0.29) is 43.7 Å². The Hall–Kier alpha value is -2.14. The van der Waals surface area contributed by atoms with Gasteiger partial charge in [-0.2, -0.15) is 0 Å². The number of carbonyl (C=O) groups is 2. The van der Waals surface area contributed by atoms with Gasteiger partial charge in [0.1, 0.15) is 53.6 Å². The molecule has 29 unspecified atom stereocenters. The minimum absolute atomic E-state index is 0.0756. The van der Waals surface area contributed by atoms with E-state index in [1.807, 2.05) is 33.8 Å². The first kappa shape index (κ1) is 64.3. The molecular weight excluding hydrogens is 1070 g/mol. The second-order valence-electron chi connectivity index (χ2n) is 25.5. The highest BCUT2D eigenvalue weighted by atomic mass is 16.8. The van der Waals surface area contributed by atoms with E-state index in [0.717, 1.165) is 5.57 Å². The molecule has 0 aromatic carbocycles. The highest BCUT2D eigenvalue weighted by Crippen LogP contribution is 2.70. The Morgan fingerprint density at radius 1 is 0.610 bits per heavy atom. The van der Waals surface area contributed by atoms with Crippen molar-refractivity contribution in [3.05, 3.63) is 23.3 Å². The van der Waals surface area contributed by atoms with Crippen LogP contribution in [-0.4, -0.2) is 218 Å². The van der Waals surface area contributed by atoms with Crippen molar-refractivity contribution in [2.24, 2.45) is 22.7 Å². The van der Waals surface area contributed by atoms with Crippen molar-refractivity contribution in [2.75, 3.05) is 28.4 Å². The molecule has 468 valence electrons. The summed E-state index contributed by atoms with van der Waals surface area (Å²) in [5, 5.41) is 59.3. The van der Waals surface area contributed by atoms with Gasteiger partial charge >= 0.3 is 5.97 Å². The van der Waals surface area contributed by atoms with E-state index in [1.165, 1.54) is 6.92 Å². The van der Waals surface area contributed by atoms with Crippen LogP contribution in [0.4, 0.5) is 0 Å². The van der Waals surface area contributed by atoms with Crippen LogP contribution in [0.1, 0.15) is 140 Å². The molecule has 82 heavy (non-hydrogen) atoms. The zero-order valence-electron chi connectivity index (χ0n) is 50.5. The molecule has 22 nitrogen and oxygen atoms in total. The molecule has 0 aromatic rings. The van der Waals surface area contributed by atoms with Crippen molar-refractivity contribution < 1.29 is 106 Å². The number of esters is 1. The Bertz CT molecular complexity index is 2260. The number of allylic oxidation sites excluding steroid dienone is 1. The van der Waals surface area contributed by atoms with Gasteiger partial charge in [-0.15, -0.1) is 0 Å². The van der Waals surface area contributed by atoms with Gasteiger partial charge in [-0.1, -0.05) is 31.6 Å². The van der Waals surface area contributed by atoms with Gasteiger partial charge in [0.15, 0.2) is 31.5 Å². The van der Waals surface area contributed by atoms with Gasteiger partial charge in [-0.05, 0) is 92.9 Å². The molecule has 4 aliphatic carbocycles. The highest BCUT2D eigenvalue weighted by molar-refractivity contribution is 5.88. The number of fused-ring (bicyclic) bond motifs is 5. The molecule has 0 bridgehead atoms. The monoisotopic (exact) mass is 1170 g/mol. The van der Waals surface area contributed by atoms with Crippen LogP contribution in [0.2, 0.25) is 0 Å². The third kappa shape index (κ3) is 11.9. The van der Waals surface area contributed by atoms with Crippen LogP contribution in [0.15, 0.2) is 23.3 Å². The van der Waals surface area contributed by atoms with E-state index < -0.39 is 169 Å². The summed E-state index contributed by atoms with van der Waals surface area (Å²) in [5.74, 6) is -2.55. The minimum Gasteiger partial charge on any atom is -0.458 e. The van der Waals surface area contributed by atoms with Gasteiger partial charge in [-0.25, -0.2) is 4.79 Å². The summed E-state index contributed by atoms with van der Waals surface area (Å²) in [7, 11) is 6.43. The lowest BCUT2D eigenvalue weighted by Crippen LogP contribution is -2.75. The predicted molar refractivity (Wildman–Crippen MR) is 289 cm³/mol. The maximum absolute atomic E-state index is 13.4. The van der Waals surface area contributed by atoms with Gasteiger partial charge in [0.25, 0.3) is 0 Å². The largest absolute Gasteiger partial charge is 0.458 e. The Morgan fingerprint density at radius 2 is 1.06 bits per heavy atom. The fourth-order valence-electron chi connectivity index (χ4n) is 16.1. The molecular formula is C60H96O22. The lowest BCUT2D eigenvalue weighted by Gasteiger charge is -2.66. The molecule has 0 amide bonds. The van der Waals surface area contributed by atoms with Crippen LogP contribution < -0.4 is 0 Å². The van der Waals surface area contributed by atoms with Crippen LogP contribution in [0.25, 0.3) is 0 Å². The van der Waals surface area contributed by atoms with Crippen molar-refractivity contribution in [3.8, 4) is 0 Å². The first-order valence-electron chi connectivity index (χ1n) is 30.0. The molecule has 5 saturated heterocycles. The van der Waals surface area contributed by atoms with Gasteiger partial charge in [0.05, 0.1) is 79.2 Å². The molecule has 8 fully saturated rings. The lowest BCUT2D eigenvalue weighted by atomic mass is 9.43. The van der Waals surface area contributed by atoms with E-state index in [9.17, 15) is 35.1 Å². The smallest absolute Gasteiger partial charge is 0.333 e. The highest BCUT2D eigenvalue weighted by Gasteiger charge is 2.79. The number of aliphatic hydroxyl groups excluding tert-OH is 3. The Labute approximate surface area is 483 Å². The summed E-state index contributed by atoms with van der Waals surface area (Å²) in [6, 6.07) is 0. The second kappa shape index (κ2) is 25.5. The zero-order chi connectivity index (χ0) is 59.5. The Morgan fingerprint density at radius 3 is 1.52 bits per heavy atom. The first-order chi connectivity index (χ1) is 38.8. The van der Waals surface area contributed by atoms with Crippen molar-refractivity contribution >= 4 is 11.8 Å². The lowest BCUT2D eigenvalue weighted by molar-refractivity contribution is -0.351. The van der Waals surface area contributed by atoms with Crippen molar-refractivity contribution in [2.45, 2.75) is 292 Å². The van der Waals surface area contributed by atoms with Gasteiger partial charge in [-0.3, -0.25) is 4.79 Å². The number of rotatable bonds is 17. The fraction of sp³-hybridized carbons (Fsp3) is 0.900. The summed E-state index contributed by atoms with van der Waals surface area (Å²) in [6.45, 7) is 17.8. The average molecular weight is 1170 g/mol. The summed E-state index contributed by atoms with van der Waals surface area (Å²) in [6.07, 6.45) is -7.29. The van der Waals surface area contributed by atoms with Crippen LogP contribution in [0, 0.1) is 22.7 Å². The minimum atomic E-state index is -1.95. The van der Waals surface area contributed by atoms with E-state index in [2.05, 4.69) is 6.92 Å². The maximum atomic E-state index is 13.4. The van der Waals surface area contributed by atoms with Crippen molar-refractivity contribution in [3.63, 3.8) is 0 Å². The fourth-order valence-corrected chi connectivity index (χ4v) is 16.1. The first-order valence-corrected chi connectivity index (χ1v) is 30.0. The maximum Gasteiger partial charge on any atom is 0.333 e. The molecule has 22 heteroatoms. The number of hydrogen-bond acceptors (Lipinski definition) is 22. The summed E-state index contributed by atoms with van der Waals surface area (Å²) in [5.41, 5.74) is -4.38. The normalized spacial score (nSPS) is 50.8. The van der Waals surface area contributed by atoms with Crippen LogP contribution in [0.5, 0.6) is 0 Å². The van der Waals surface area contributed by atoms with E-state index >= 15 is 0 Å². The third-order valence-electron chi connectivity index (χ3n) is 20.8. The van der Waals surface area contributed by atoms with E-state index in [1.54, 1.807) is 62.2 Å². The summed E-state index contributed by atoms with van der Waals surface area (Å²) >= 11 is 0. The van der Waals surface area contributed by atoms with Crippen LogP contribution >= 0.6 is 0 Å². The number of ketones is 1. The number of ether oxygens (including phenoxy) is 15. The molecule has 3 saturated carbocycles. The molecule has 5 heterocycles. The molecule has 0 radical (unpaired) electrons. The Balaban J connectivity index is 0.764. The molecule has 29 atom stereocenters. The molecule has 5 N–H and O–H groups in total. The molecule has 9 rings (SSSR count). The van der Waals surface area contributed by atoms with Crippen LogP contribution in [-0.2, 0) is 80.6 Å². The molecule has 9 aliphatic rings. The topological polar surface area (TPSA) is 274 Å². The summed E-state index contributed by atoms with van der Waals surface area (Å²) in [4.78, 5) is 26.6. The van der Waals surface area contributed by atoms with Gasteiger partial charge in [0.2, 0.25) is 0 Å². The number of hydrogen-bond donors (Lipinski definition) is 5. The SMILES string of the molecule is CC=C(C)C(=O)OC1CC2C3(C)CCC(OC4CC(O)C(OC5CC(OC)C(OC6CC(OC)C(OC7CC(OC)C(OC8CC(OC)C(O)C(C)O8)C(C)O7)C(C)O6)C(C)O5)C(C)O4)CC3=CCC2(O)C2(O)CC(O)C(C(C)=O)C12C. The number of Topliss-reactive ketones (excluding diaryl/α,β-unsaturated/α-hetero) is 1. The number of carbonyl (C=O) groups excluding carboxylic acids is 2. The van der Waals surface area contributed by atoms with Crippen molar-refractivity contribution in [1.29, 1.82) is 0 Å². The van der Waals surface area contributed by atoms with E-state index in [0.29, 0.717) is 50.5 Å². The van der Waals surface area contributed by atoms with Gasteiger partial charge < -0.3 is 96.6 Å². The Kier molecular flexibility index (Phi) is 20.0. The summed E-state index contributed by atoms with van der Waals surface area (Å²) < 4.78 is 94.0. The average Bonchev–Trinajstić information content (AvgIpc) is 1.38. The van der Waals surface area contributed by atoms with E-state index in [4.69, 9.17) is 71.1 Å². The molecule has 0 spiro atoms. The number of aliphatic hydroxyl groups is 5. The van der Waals surface area contributed by atoms with Crippen molar-refractivity contribution in [1.82, 2.24) is 0 Å².